The highest BCUT2D eigenvalue weighted by molar-refractivity contribution is 5.85. The number of rotatable bonds is 5. The number of anilines is 1. The maximum absolute atomic E-state index is 14.1. The molecular formula is C15H17F2NO3. The molecule has 1 fully saturated rings. The summed E-state index contributed by atoms with van der Waals surface area (Å²) in [4.78, 5) is 11.9. The van der Waals surface area contributed by atoms with Gasteiger partial charge < -0.3 is 14.7 Å². The number of nitrogens with zero attached hydrogens (tertiary/aromatic N) is 1. The van der Waals surface area contributed by atoms with Gasteiger partial charge in [-0.2, -0.15) is 0 Å². The predicted octanol–water partition coefficient (Wildman–Crippen LogP) is 2.68. The minimum absolute atomic E-state index is 0.0135. The molecule has 4 nitrogen and oxygen atoms in total. The third kappa shape index (κ3) is 4.01. The van der Waals surface area contributed by atoms with Crippen molar-refractivity contribution >= 4 is 17.7 Å². The van der Waals surface area contributed by atoms with Crippen LogP contribution in [0.2, 0.25) is 0 Å². The van der Waals surface area contributed by atoms with Crippen molar-refractivity contribution in [3.63, 3.8) is 0 Å². The summed E-state index contributed by atoms with van der Waals surface area (Å²) in [6, 6.07) is 2.23. The quantitative estimate of drug-likeness (QED) is 0.849. The number of carboxylic acids is 1. The lowest BCUT2D eigenvalue weighted by Crippen LogP contribution is -2.30. The molecule has 1 heterocycles. The van der Waals surface area contributed by atoms with Crippen LogP contribution in [0.3, 0.4) is 0 Å². The van der Waals surface area contributed by atoms with Gasteiger partial charge in [-0.25, -0.2) is 13.6 Å². The van der Waals surface area contributed by atoms with Crippen molar-refractivity contribution in [2.45, 2.75) is 18.9 Å². The van der Waals surface area contributed by atoms with Gasteiger partial charge in [0.1, 0.15) is 17.3 Å². The molecule has 0 bridgehead atoms. The molecule has 0 amide bonds. The number of carboxylic acid groups (broad SMARTS) is 1. The van der Waals surface area contributed by atoms with Crippen LogP contribution in [0.15, 0.2) is 18.2 Å². The summed E-state index contributed by atoms with van der Waals surface area (Å²) in [6.45, 7) is 1.10. The first kappa shape index (κ1) is 15.4. The smallest absolute Gasteiger partial charge is 0.328 e. The standard InChI is InChI=1S/C15H17F2NO3/c1-18(9-11-3-2-6-21-11)15-12(16)7-10(8-13(15)17)4-5-14(19)20/h4-5,7-8,11H,2-3,6,9H2,1H3,(H,19,20). The minimum Gasteiger partial charge on any atom is -0.478 e. The highest BCUT2D eigenvalue weighted by Gasteiger charge is 2.21. The molecule has 1 aromatic rings. The Hall–Kier alpha value is -1.95. The van der Waals surface area contributed by atoms with Crippen molar-refractivity contribution in [1.29, 1.82) is 0 Å². The van der Waals surface area contributed by atoms with Crippen molar-refractivity contribution in [2.24, 2.45) is 0 Å². The molecule has 1 saturated heterocycles. The van der Waals surface area contributed by atoms with Gasteiger partial charge in [0, 0.05) is 26.3 Å². The predicted molar refractivity (Wildman–Crippen MR) is 75.3 cm³/mol. The van der Waals surface area contributed by atoms with Gasteiger partial charge in [-0.15, -0.1) is 0 Å². The zero-order valence-electron chi connectivity index (χ0n) is 11.7. The average Bonchev–Trinajstić information content (AvgIpc) is 2.88. The van der Waals surface area contributed by atoms with Gasteiger partial charge in [0.05, 0.1) is 6.10 Å². The molecular weight excluding hydrogens is 280 g/mol. The Morgan fingerprint density at radius 3 is 2.67 bits per heavy atom. The second-order valence-electron chi connectivity index (χ2n) is 5.02. The van der Waals surface area contributed by atoms with Crippen LogP contribution in [-0.2, 0) is 9.53 Å². The summed E-state index contributed by atoms with van der Waals surface area (Å²) in [7, 11) is 1.61. The van der Waals surface area contributed by atoms with E-state index in [2.05, 4.69) is 0 Å². The number of hydrogen-bond donors (Lipinski definition) is 1. The molecule has 0 radical (unpaired) electrons. The number of carbonyl (C=O) groups is 1. The molecule has 2 rings (SSSR count). The van der Waals surface area contributed by atoms with Gasteiger partial charge in [-0.05, 0) is 36.6 Å². The summed E-state index contributed by atoms with van der Waals surface area (Å²) in [5.41, 5.74) is 0.0413. The SMILES string of the molecule is CN(CC1CCCO1)c1c(F)cc(C=CC(=O)O)cc1F. The molecule has 0 aromatic heterocycles. The lowest BCUT2D eigenvalue weighted by molar-refractivity contribution is -0.131. The number of likely N-dealkylation sites (N-methyl/N-ethyl adjacent to an activating group) is 1. The Kier molecular flexibility index (Phi) is 4.90. The molecule has 21 heavy (non-hydrogen) atoms. The number of halogens is 2. The molecule has 1 N–H and O–H groups in total. The van der Waals surface area contributed by atoms with E-state index < -0.39 is 17.6 Å². The molecule has 6 heteroatoms. The Bertz CT molecular complexity index is 531. The van der Waals surface area contributed by atoms with Crippen LogP contribution >= 0.6 is 0 Å². The highest BCUT2D eigenvalue weighted by atomic mass is 19.1. The van der Waals surface area contributed by atoms with Crippen LogP contribution in [0.4, 0.5) is 14.5 Å². The van der Waals surface area contributed by atoms with Gasteiger partial charge in [-0.3, -0.25) is 0 Å². The molecule has 1 aliphatic rings. The molecule has 114 valence electrons. The van der Waals surface area contributed by atoms with Gasteiger partial charge >= 0.3 is 5.97 Å². The number of benzene rings is 1. The van der Waals surface area contributed by atoms with E-state index in [4.69, 9.17) is 9.84 Å². The molecule has 0 saturated carbocycles. The summed E-state index contributed by atoms with van der Waals surface area (Å²) in [5.74, 6) is -2.61. The minimum atomic E-state index is -1.17. The van der Waals surface area contributed by atoms with Gasteiger partial charge in [0.15, 0.2) is 0 Å². The Labute approximate surface area is 121 Å². The van der Waals surface area contributed by atoms with E-state index >= 15 is 0 Å². The first-order chi connectivity index (χ1) is 9.97. The van der Waals surface area contributed by atoms with Gasteiger partial charge in [-0.1, -0.05) is 0 Å². The second-order valence-corrected chi connectivity index (χ2v) is 5.02. The monoisotopic (exact) mass is 297 g/mol. The summed E-state index contributed by atoms with van der Waals surface area (Å²) in [6.07, 6.45) is 3.82. The van der Waals surface area contributed by atoms with E-state index in [-0.39, 0.29) is 17.4 Å². The number of aliphatic carboxylic acids is 1. The third-order valence-corrected chi connectivity index (χ3v) is 3.34. The first-order valence-corrected chi connectivity index (χ1v) is 6.70. The third-order valence-electron chi connectivity index (χ3n) is 3.34. The molecule has 1 atom stereocenters. The average molecular weight is 297 g/mol. The summed E-state index contributed by atoms with van der Waals surface area (Å²) >= 11 is 0. The lowest BCUT2D eigenvalue weighted by atomic mass is 10.1. The Morgan fingerprint density at radius 2 is 2.14 bits per heavy atom. The fourth-order valence-electron chi connectivity index (χ4n) is 2.40. The Morgan fingerprint density at radius 1 is 1.48 bits per heavy atom. The van der Waals surface area contributed by atoms with E-state index in [1.165, 1.54) is 4.90 Å². The van der Waals surface area contributed by atoms with E-state index in [1.54, 1.807) is 7.05 Å². The van der Waals surface area contributed by atoms with Crippen LogP contribution < -0.4 is 4.90 Å². The topological polar surface area (TPSA) is 49.8 Å². The van der Waals surface area contributed by atoms with Crippen LogP contribution in [0.25, 0.3) is 6.08 Å². The largest absolute Gasteiger partial charge is 0.478 e. The maximum atomic E-state index is 14.1. The number of hydrogen-bond acceptors (Lipinski definition) is 3. The Balaban J connectivity index is 2.17. The van der Waals surface area contributed by atoms with E-state index in [9.17, 15) is 13.6 Å². The zero-order valence-corrected chi connectivity index (χ0v) is 11.7. The van der Waals surface area contributed by atoms with Crippen LogP contribution in [0.1, 0.15) is 18.4 Å². The molecule has 0 spiro atoms. The fraction of sp³-hybridized carbons (Fsp3) is 0.400. The summed E-state index contributed by atoms with van der Waals surface area (Å²) in [5, 5.41) is 8.52. The van der Waals surface area contributed by atoms with Crippen LogP contribution in [-0.4, -0.2) is 37.4 Å². The van der Waals surface area contributed by atoms with Crippen molar-refractivity contribution in [3.8, 4) is 0 Å². The highest BCUT2D eigenvalue weighted by Crippen LogP contribution is 2.26. The van der Waals surface area contributed by atoms with Crippen molar-refractivity contribution in [3.05, 3.63) is 35.4 Å². The summed E-state index contributed by atoms with van der Waals surface area (Å²) < 4.78 is 33.6. The van der Waals surface area contributed by atoms with E-state index in [0.29, 0.717) is 13.2 Å². The van der Waals surface area contributed by atoms with Crippen molar-refractivity contribution < 1.29 is 23.4 Å². The van der Waals surface area contributed by atoms with Gasteiger partial charge in [0.2, 0.25) is 0 Å². The first-order valence-electron chi connectivity index (χ1n) is 6.70. The molecule has 0 aliphatic carbocycles. The van der Waals surface area contributed by atoms with Crippen LogP contribution in [0, 0.1) is 11.6 Å². The second kappa shape index (κ2) is 6.67. The molecule has 1 aromatic carbocycles. The molecule has 1 aliphatic heterocycles. The lowest BCUT2D eigenvalue weighted by Gasteiger charge is -2.23. The van der Waals surface area contributed by atoms with Crippen LogP contribution in [0.5, 0.6) is 0 Å². The normalized spacial score (nSPS) is 18.3. The number of ether oxygens (including phenoxy) is 1. The molecule has 1 unspecified atom stereocenters. The van der Waals surface area contributed by atoms with Crippen molar-refractivity contribution in [2.75, 3.05) is 25.1 Å². The van der Waals surface area contributed by atoms with Gasteiger partial charge in [0.25, 0.3) is 0 Å². The zero-order chi connectivity index (χ0) is 15.4. The van der Waals surface area contributed by atoms with E-state index in [0.717, 1.165) is 37.1 Å². The van der Waals surface area contributed by atoms with E-state index in [1.807, 2.05) is 0 Å². The maximum Gasteiger partial charge on any atom is 0.328 e. The van der Waals surface area contributed by atoms with Crippen molar-refractivity contribution in [1.82, 2.24) is 0 Å². The fourth-order valence-corrected chi connectivity index (χ4v) is 2.40.